The van der Waals surface area contributed by atoms with Gasteiger partial charge in [-0.05, 0) is 55.5 Å². The third-order valence-electron chi connectivity index (χ3n) is 7.16. The van der Waals surface area contributed by atoms with E-state index in [0.29, 0.717) is 45.3 Å². The highest BCUT2D eigenvalue weighted by molar-refractivity contribution is 5.93. The fourth-order valence-electron chi connectivity index (χ4n) is 4.62. The van der Waals surface area contributed by atoms with Crippen molar-refractivity contribution in [3.05, 3.63) is 83.1 Å². The molecule has 7 nitrogen and oxygen atoms in total. The molecule has 192 valence electrons. The van der Waals surface area contributed by atoms with Crippen molar-refractivity contribution in [2.75, 3.05) is 32.7 Å². The summed E-state index contributed by atoms with van der Waals surface area (Å²) in [5, 5.41) is 7.93. The van der Waals surface area contributed by atoms with Crippen LogP contribution in [0.2, 0.25) is 0 Å². The van der Waals surface area contributed by atoms with Crippen LogP contribution < -0.4 is 5.32 Å². The fourth-order valence-corrected chi connectivity index (χ4v) is 4.62. The Morgan fingerprint density at radius 2 is 1.76 bits per heavy atom. The van der Waals surface area contributed by atoms with Crippen LogP contribution in [0.3, 0.4) is 0 Å². The Morgan fingerprint density at radius 1 is 1.00 bits per heavy atom. The summed E-state index contributed by atoms with van der Waals surface area (Å²) in [6.07, 6.45) is 7.74. The second kappa shape index (κ2) is 11.1. The molecule has 0 atom stereocenters. The third kappa shape index (κ3) is 6.54. The van der Waals surface area contributed by atoms with Crippen molar-refractivity contribution < 1.29 is 9.59 Å². The van der Waals surface area contributed by atoms with Crippen molar-refractivity contribution in [2.24, 2.45) is 0 Å². The second-order valence-corrected chi connectivity index (χ2v) is 10.2. The minimum Gasteiger partial charge on any atom is -0.352 e. The topological polar surface area (TPSA) is 70.5 Å². The van der Waals surface area contributed by atoms with E-state index < -0.39 is 0 Å². The van der Waals surface area contributed by atoms with E-state index >= 15 is 0 Å². The minimum absolute atomic E-state index is 0.0103. The molecule has 0 unspecified atom stereocenters. The van der Waals surface area contributed by atoms with Gasteiger partial charge in [0.1, 0.15) is 0 Å². The van der Waals surface area contributed by atoms with E-state index in [1.54, 1.807) is 6.08 Å². The molecule has 2 fully saturated rings. The van der Waals surface area contributed by atoms with Crippen molar-refractivity contribution in [3.63, 3.8) is 0 Å². The summed E-state index contributed by atoms with van der Waals surface area (Å²) in [5.74, 6) is 0.0810. The third-order valence-corrected chi connectivity index (χ3v) is 7.16. The van der Waals surface area contributed by atoms with Crippen molar-refractivity contribution in [2.45, 2.75) is 39.3 Å². The molecule has 5 rings (SSSR count). The average Bonchev–Trinajstić information content (AvgIpc) is 3.62. The first-order chi connectivity index (χ1) is 17.9. The molecule has 3 aromatic rings. The number of aryl methyl sites for hydroxylation is 2. The van der Waals surface area contributed by atoms with Gasteiger partial charge in [-0.15, -0.1) is 0 Å². The number of nitrogens with zero attached hydrogens (tertiary/aromatic N) is 4. The molecule has 2 aromatic carbocycles. The molecule has 2 heterocycles. The number of benzene rings is 2. The summed E-state index contributed by atoms with van der Waals surface area (Å²) in [4.78, 5) is 29.1. The molecule has 7 heteroatoms. The number of amides is 2. The lowest BCUT2D eigenvalue weighted by molar-refractivity contribution is -0.128. The smallest absolute Gasteiger partial charge is 0.246 e. The Hall–Kier alpha value is -3.71. The van der Waals surface area contributed by atoms with Crippen LogP contribution in [-0.4, -0.2) is 70.2 Å². The van der Waals surface area contributed by atoms with Gasteiger partial charge in [-0.25, -0.2) is 0 Å². The maximum atomic E-state index is 13.0. The number of aromatic nitrogens is 2. The summed E-state index contributed by atoms with van der Waals surface area (Å²) in [5.41, 5.74) is 6.46. The molecule has 1 aliphatic carbocycles. The normalized spacial score (nSPS) is 16.3. The summed E-state index contributed by atoms with van der Waals surface area (Å²) in [7, 11) is 0. The fraction of sp³-hybridized carbons (Fsp3) is 0.367. The van der Waals surface area contributed by atoms with Gasteiger partial charge in [0.2, 0.25) is 11.8 Å². The number of carbonyl (C=O) groups is 2. The standard InChI is InChI=1S/C30H35N5O2/c1-22-8-9-25(18-23(22)2)30-26(20-35(32-30)19-24-6-4-3-5-7-24)10-13-29(37)34-16-14-33(15-17-34)21-28(36)31-27-11-12-27/h3-10,13,18,20,27H,11-12,14-17,19,21H2,1-2H3,(H,31,36)/b13-10+. The average molecular weight is 498 g/mol. The van der Waals surface area contributed by atoms with Crippen molar-refractivity contribution >= 4 is 17.9 Å². The first-order valence-electron chi connectivity index (χ1n) is 13.1. The molecule has 1 saturated heterocycles. The minimum atomic E-state index is -0.0103. The largest absolute Gasteiger partial charge is 0.352 e. The highest BCUT2D eigenvalue weighted by Gasteiger charge is 2.26. The van der Waals surface area contributed by atoms with E-state index in [1.807, 2.05) is 40.1 Å². The summed E-state index contributed by atoms with van der Waals surface area (Å²) >= 11 is 0. The Kier molecular flexibility index (Phi) is 7.51. The number of nitrogens with one attached hydrogen (secondary N) is 1. The number of carbonyl (C=O) groups excluding carboxylic acids is 2. The zero-order valence-corrected chi connectivity index (χ0v) is 21.7. The molecule has 0 bridgehead atoms. The van der Waals surface area contributed by atoms with Gasteiger partial charge in [-0.3, -0.25) is 19.2 Å². The predicted molar refractivity (Wildman–Crippen MR) is 146 cm³/mol. The number of piperazine rings is 1. The Balaban J connectivity index is 1.27. The molecule has 2 amide bonds. The van der Waals surface area contributed by atoms with Gasteiger partial charge in [-0.1, -0.05) is 42.5 Å². The maximum absolute atomic E-state index is 13.0. The Bertz CT molecular complexity index is 1280. The van der Waals surface area contributed by atoms with E-state index in [0.717, 1.165) is 29.7 Å². The van der Waals surface area contributed by atoms with E-state index in [-0.39, 0.29) is 11.8 Å². The van der Waals surface area contributed by atoms with Crippen LogP contribution in [0.25, 0.3) is 17.3 Å². The zero-order valence-electron chi connectivity index (χ0n) is 21.7. The Morgan fingerprint density at radius 3 is 2.46 bits per heavy atom. The van der Waals surface area contributed by atoms with E-state index in [2.05, 4.69) is 54.4 Å². The summed E-state index contributed by atoms with van der Waals surface area (Å²) < 4.78 is 1.94. The van der Waals surface area contributed by atoms with E-state index in [1.165, 1.54) is 16.7 Å². The van der Waals surface area contributed by atoms with Crippen LogP contribution in [0.5, 0.6) is 0 Å². The highest BCUT2D eigenvalue weighted by atomic mass is 16.2. The lowest BCUT2D eigenvalue weighted by Crippen LogP contribution is -2.51. The van der Waals surface area contributed by atoms with E-state index in [9.17, 15) is 9.59 Å². The maximum Gasteiger partial charge on any atom is 0.246 e. The molecule has 1 N–H and O–H groups in total. The van der Waals surface area contributed by atoms with Gasteiger partial charge in [0.25, 0.3) is 0 Å². The first kappa shape index (κ1) is 25.0. The molecule has 1 aliphatic heterocycles. The van der Waals surface area contributed by atoms with Crippen LogP contribution in [0.15, 0.2) is 60.8 Å². The lowest BCUT2D eigenvalue weighted by atomic mass is 10.0. The van der Waals surface area contributed by atoms with Crippen molar-refractivity contribution in [1.29, 1.82) is 0 Å². The molecule has 1 aromatic heterocycles. The van der Waals surface area contributed by atoms with Crippen molar-refractivity contribution in [1.82, 2.24) is 24.9 Å². The van der Waals surface area contributed by atoms with Crippen LogP contribution in [0.4, 0.5) is 0 Å². The molecule has 1 saturated carbocycles. The molecule has 0 spiro atoms. The SMILES string of the molecule is Cc1ccc(-c2nn(Cc3ccccc3)cc2/C=C/C(=O)N2CCN(CC(=O)NC3CC3)CC2)cc1C. The van der Waals surface area contributed by atoms with Gasteiger partial charge in [0, 0.05) is 55.6 Å². The predicted octanol–water partition coefficient (Wildman–Crippen LogP) is 3.65. The quantitative estimate of drug-likeness (QED) is 0.483. The Labute approximate surface area is 218 Å². The van der Waals surface area contributed by atoms with E-state index in [4.69, 9.17) is 5.10 Å². The number of hydrogen-bond acceptors (Lipinski definition) is 4. The lowest BCUT2D eigenvalue weighted by Gasteiger charge is -2.33. The monoisotopic (exact) mass is 497 g/mol. The second-order valence-electron chi connectivity index (χ2n) is 10.2. The number of hydrogen-bond donors (Lipinski definition) is 1. The number of rotatable bonds is 8. The van der Waals surface area contributed by atoms with Crippen LogP contribution in [0.1, 0.15) is 35.1 Å². The molecular formula is C30H35N5O2. The van der Waals surface area contributed by atoms with Gasteiger partial charge < -0.3 is 10.2 Å². The first-order valence-corrected chi connectivity index (χ1v) is 13.1. The molecule has 37 heavy (non-hydrogen) atoms. The molecular weight excluding hydrogens is 462 g/mol. The highest BCUT2D eigenvalue weighted by Crippen LogP contribution is 2.26. The summed E-state index contributed by atoms with van der Waals surface area (Å²) in [6, 6.07) is 17.0. The van der Waals surface area contributed by atoms with Crippen LogP contribution in [-0.2, 0) is 16.1 Å². The van der Waals surface area contributed by atoms with Gasteiger partial charge in [0.05, 0.1) is 18.8 Å². The summed E-state index contributed by atoms with van der Waals surface area (Å²) in [6.45, 7) is 7.94. The van der Waals surface area contributed by atoms with Crippen molar-refractivity contribution in [3.8, 4) is 11.3 Å². The molecule has 2 aliphatic rings. The van der Waals surface area contributed by atoms with Gasteiger partial charge >= 0.3 is 0 Å². The van der Waals surface area contributed by atoms with Crippen LogP contribution in [0, 0.1) is 13.8 Å². The zero-order chi connectivity index (χ0) is 25.8. The van der Waals surface area contributed by atoms with Gasteiger partial charge in [0.15, 0.2) is 0 Å². The van der Waals surface area contributed by atoms with Crippen LogP contribution >= 0.6 is 0 Å². The van der Waals surface area contributed by atoms with Gasteiger partial charge in [-0.2, -0.15) is 5.10 Å². The molecule has 0 radical (unpaired) electrons.